The van der Waals surface area contributed by atoms with Crippen LogP contribution >= 0.6 is 15.9 Å². The molecule has 1 saturated carbocycles. The molecule has 0 N–H and O–H groups in total. The molecule has 0 unspecified atom stereocenters. The standard InChI is InChI=1S/C20H20BrF2NO3/c1-24(12-13-3-8-16(26-2)17(11-13)27-19(22)23)18(25)20(9-10-20)14-4-6-15(21)7-5-14/h3-8,11,19H,9-10,12H2,1-2H3. The van der Waals surface area contributed by atoms with Gasteiger partial charge in [0.05, 0.1) is 12.5 Å². The van der Waals surface area contributed by atoms with E-state index in [2.05, 4.69) is 20.7 Å². The Morgan fingerprint density at radius 1 is 1.19 bits per heavy atom. The molecule has 0 aromatic heterocycles. The van der Waals surface area contributed by atoms with Gasteiger partial charge < -0.3 is 14.4 Å². The highest BCUT2D eigenvalue weighted by Gasteiger charge is 2.52. The zero-order chi connectivity index (χ0) is 19.6. The van der Waals surface area contributed by atoms with Crippen molar-refractivity contribution in [2.45, 2.75) is 31.4 Å². The maximum atomic E-state index is 13.0. The highest BCUT2D eigenvalue weighted by Crippen LogP contribution is 2.49. The Kier molecular flexibility index (Phi) is 5.69. The molecule has 1 fully saturated rings. The number of methoxy groups -OCH3 is 1. The Bertz CT molecular complexity index is 822. The highest BCUT2D eigenvalue weighted by molar-refractivity contribution is 9.10. The van der Waals surface area contributed by atoms with Gasteiger partial charge in [0.2, 0.25) is 5.91 Å². The third-order valence-electron chi connectivity index (χ3n) is 4.77. The van der Waals surface area contributed by atoms with Gasteiger partial charge in [0.25, 0.3) is 0 Å². The van der Waals surface area contributed by atoms with Gasteiger partial charge in [-0.15, -0.1) is 0 Å². The van der Waals surface area contributed by atoms with Gasteiger partial charge in [0.15, 0.2) is 11.5 Å². The molecular weight excluding hydrogens is 420 g/mol. The SMILES string of the molecule is COc1ccc(CN(C)C(=O)C2(c3ccc(Br)cc3)CC2)cc1OC(F)F. The lowest BCUT2D eigenvalue weighted by Gasteiger charge is -2.24. The minimum Gasteiger partial charge on any atom is -0.493 e. The number of alkyl halides is 2. The largest absolute Gasteiger partial charge is 0.493 e. The predicted molar refractivity (Wildman–Crippen MR) is 101 cm³/mol. The molecule has 0 radical (unpaired) electrons. The number of carbonyl (C=O) groups excluding carboxylic acids is 1. The lowest BCUT2D eigenvalue weighted by atomic mass is 9.94. The fraction of sp³-hybridized carbons (Fsp3) is 0.350. The van der Waals surface area contributed by atoms with Crippen LogP contribution in [0.25, 0.3) is 0 Å². The molecule has 2 aromatic carbocycles. The van der Waals surface area contributed by atoms with Crippen molar-refractivity contribution < 1.29 is 23.0 Å². The summed E-state index contributed by atoms with van der Waals surface area (Å²) in [6.07, 6.45) is 1.61. The molecule has 0 atom stereocenters. The number of nitrogens with zero attached hydrogens (tertiary/aromatic N) is 1. The third-order valence-corrected chi connectivity index (χ3v) is 5.30. The van der Waals surface area contributed by atoms with Crippen LogP contribution in [0, 0.1) is 0 Å². The minimum absolute atomic E-state index is 0.0250. The number of benzene rings is 2. The molecule has 0 heterocycles. The van der Waals surface area contributed by atoms with E-state index in [-0.39, 0.29) is 17.4 Å². The Balaban J connectivity index is 1.76. The highest BCUT2D eigenvalue weighted by atomic mass is 79.9. The van der Waals surface area contributed by atoms with Crippen LogP contribution in [0.3, 0.4) is 0 Å². The van der Waals surface area contributed by atoms with Gasteiger partial charge in [-0.05, 0) is 48.2 Å². The zero-order valence-corrected chi connectivity index (χ0v) is 16.6. The van der Waals surface area contributed by atoms with Gasteiger partial charge in [-0.2, -0.15) is 8.78 Å². The summed E-state index contributed by atoms with van der Waals surface area (Å²) >= 11 is 3.41. The number of likely N-dealkylation sites (N-methyl/N-ethyl adjacent to an activating group) is 1. The second-order valence-corrected chi connectivity index (χ2v) is 7.53. The molecule has 4 nitrogen and oxygen atoms in total. The summed E-state index contributed by atoms with van der Waals surface area (Å²) in [4.78, 5) is 14.7. The van der Waals surface area contributed by atoms with Gasteiger partial charge >= 0.3 is 6.61 Å². The number of hydrogen-bond acceptors (Lipinski definition) is 3. The quantitative estimate of drug-likeness (QED) is 0.624. The number of amides is 1. The van der Waals surface area contributed by atoms with E-state index in [0.717, 1.165) is 22.9 Å². The smallest absolute Gasteiger partial charge is 0.387 e. The molecule has 7 heteroatoms. The molecular formula is C20H20BrF2NO3. The van der Waals surface area contributed by atoms with Gasteiger partial charge in [-0.25, -0.2) is 0 Å². The van der Waals surface area contributed by atoms with E-state index in [9.17, 15) is 13.6 Å². The van der Waals surface area contributed by atoms with Crippen LogP contribution in [0.15, 0.2) is 46.9 Å². The lowest BCUT2D eigenvalue weighted by Crippen LogP contribution is -2.36. The van der Waals surface area contributed by atoms with E-state index in [4.69, 9.17) is 4.74 Å². The Morgan fingerprint density at radius 3 is 2.41 bits per heavy atom. The van der Waals surface area contributed by atoms with Crippen molar-refractivity contribution in [1.82, 2.24) is 4.90 Å². The number of rotatable bonds is 7. The summed E-state index contributed by atoms with van der Waals surface area (Å²) in [6.45, 7) is -2.65. The normalized spacial score (nSPS) is 14.7. The summed E-state index contributed by atoms with van der Waals surface area (Å²) in [5.74, 6) is 0.207. The summed E-state index contributed by atoms with van der Waals surface area (Å²) in [7, 11) is 3.11. The van der Waals surface area contributed by atoms with Crippen molar-refractivity contribution in [2.75, 3.05) is 14.2 Å². The Hall–Kier alpha value is -2.15. The summed E-state index contributed by atoms with van der Waals surface area (Å²) in [6, 6.07) is 12.6. The fourth-order valence-corrected chi connectivity index (χ4v) is 3.50. The van der Waals surface area contributed by atoms with E-state index in [1.165, 1.54) is 13.2 Å². The molecule has 0 bridgehead atoms. The monoisotopic (exact) mass is 439 g/mol. The van der Waals surface area contributed by atoms with Crippen LogP contribution in [0.4, 0.5) is 8.78 Å². The van der Waals surface area contributed by atoms with E-state index in [1.54, 1.807) is 24.1 Å². The first-order valence-corrected chi connectivity index (χ1v) is 9.28. The van der Waals surface area contributed by atoms with Crippen molar-refractivity contribution in [3.63, 3.8) is 0 Å². The van der Waals surface area contributed by atoms with Crippen LogP contribution in [-0.4, -0.2) is 31.6 Å². The minimum atomic E-state index is -2.94. The number of ether oxygens (including phenoxy) is 2. The number of halogens is 3. The van der Waals surface area contributed by atoms with Crippen LogP contribution in [0.1, 0.15) is 24.0 Å². The first-order valence-electron chi connectivity index (χ1n) is 8.49. The maximum Gasteiger partial charge on any atom is 0.387 e. The van der Waals surface area contributed by atoms with Crippen LogP contribution < -0.4 is 9.47 Å². The lowest BCUT2D eigenvalue weighted by molar-refractivity contribution is -0.133. The van der Waals surface area contributed by atoms with E-state index in [1.807, 2.05) is 24.3 Å². The summed E-state index contributed by atoms with van der Waals surface area (Å²) in [5.41, 5.74) is 1.21. The molecule has 27 heavy (non-hydrogen) atoms. The van der Waals surface area contributed by atoms with Crippen molar-refractivity contribution in [3.05, 3.63) is 58.1 Å². The molecule has 3 rings (SSSR count). The second-order valence-electron chi connectivity index (χ2n) is 6.61. The van der Waals surface area contributed by atoms with Crippen LogP contribution in [0.2, 0.25) is 0 Å². The molecule has 1 amide bonds. The summed E-state index contributed by atoms with van der Waals surface area (Å²) in [5, 5.41) is 0. The third kappa shape index (κ3) is 4.24. The molecule has 0 spiro atoms. The van der Waals surface area contributed by atoms with E-state index >= 15 is 0 Å². The van der Waals surface area contributed by atoms with Crippen LogP contribution in [0.5, 0.6) is 11.5 Å². The zero-order valence-electron chi connectivity index (χ0n) is 15.0. The molecule has 1 aliphatic carbocycles. The van der Waals surface area contributed by atoms with Crippen molar-refractivity contribution in [1.29, 1.82) is 0 Å². The van der Waals surface area contributed by atoms with Crippen molar-refractivity contribution in [2.24, 2.45) is 0 Å². The molecule has 144 valence electrons. The first-order chi connectivity index (χ1) is 12.9. The topological polar surface area (TPSA) is 38.8 Å². The average molecular weight is 440 g/mol. The molecule has 0 aliphatic heterocycles. The van der Waals surface area contributed by atoms with Gasteiger partial charge in [-0.3, -0.25) is 4.79 Å². The second kappa shape index (κ2) is 7.84. The Labute approximate surface area is 165 Å². The van der Waals surface area contributed by atoms with Crippen LogP contribution in [-0.2, 0) is 16.8 Å². The predicted octanol–water partition coefficient (Wildman–Crippen LogP) is 4.75. The number of carbonyl (C=O) groups is 1. The summed E-state index contributed by atoms with van der Waals surface area (Å²) < 4.78 is 35.7. The molecule has 0 saturated heterocycles. The van der Waals surface area contributed by atoms with Crippen molar-refractivity contribution >= 4 is 21.8 Å². The fourth-order valence-electron chi connectivity index (χ4n) is 3.24. The van der Waals surface area contributed by atoms with Gasteiger partial charge in [-0.1, -0.05) is 34.1 Å². The van der Waals surface area contributed by atoms with E-state index < -0.39 is 12.0 Å². The number of hydrogen-bond donors (Lipinski definition) is 0. The molecule has 2 aromatic rings. The average Bonchev–Trinajstić information content (AvgIpc) is 3.43. The molecule has 1 aliphatic rings. The first kappa shape index (κ1) is 19.6. The van der Waals surface area contributed by atoms with Crippen molar-refractivity contribution in [3.8, 4) is 11.5 Å². The maximum absolute atomic E-state index is 13.0. The van der Waals surface area contributed by atoms with Gasteiger partial charge in [0, 0.05) is 18.1 Å². The van der Waals surface area contributed by atoms with Gasteiger partial charge in [0.1, 0.15) is 0 Å². The Morgan fingerprint density at radius 2 is 1.85 bits per heavy atom. The van der Waals surface area contributed by atoms with E-state index in [0.29, 0.717) is 12.1 Å².